The maximum Gasteiger partial charge on any atom is 0.332 e. The molecule has 6 nitrogen and oxygen atoms in total. The Morgan fingerprint density at radius 1 is 1.12 bits per heavy atom. The molecule has 0 radical (unpaired) electrons. The summed E-state index contributed by atoms with van der Waals surface area (Å²) in [6, 6.07) is 0. The Kier molecular flexibility index (Phi) is 6.58. The van der Waals surface area contributed by atoms with Crippen LogP contribution in [-0.4, -0.2) is 36.2 Å². The Morgan fingerprint density at radius 2 is 1.69 bits per heavy atom. The van der Waals surface area contributed by atoms with E-state index in [1.54, 1.807) is 13.8 Å². The number of hydrogen-bond acceptors (Lipinski definition) is 5. The molecule has 16 heavy (non-hydrogen) atoms. The van der Waals surface area contributed by atoms with E-state index in [4.69, 9.17) is 5.11 Å². The summed E-state index contributed by atoms with van der Waals surface area (Å²) in [7, 11) is 0. The lowest BCUT2D eigenvalue weighted by Gasteiger charge is -2.02. The molecule has 0 aromatic carbocycles. The molecule has 6 heteroatoms. The Balaban J connectivity index is 4.55. The smallest absolute Gasteiger partial charge is 0.332 e. The van der Waals surface area contributed by atoms with Crippen molar-refractivity contribution in [3.05, 3.63) is 11.6 Å². The molecule has 0 rings (SSSR count). The zero-order valence-electron chi connectivity index (χ0n) is 9.19. The van der Waals surface area contributed by atoms with Gasteiger partial charge in [0.25, 0.3) is 0 Å². The van der Waals surface area contributed by atoms with Crippen LogP contribution in [-0.2, 0) is 23.9 Å². The first-order valence-corrected chi connectivity index (χ1v) is 4.77. The van der Waals surface area contributed by atoms with Crippen molar-refractivity contribution in [1.82, 2.24) is 0 Å². The van der Waals surface area contributed by atoms with Gasteiger partial charge < -0.3 is 14.6 Å². The SMILES string of the molecule is CCOC(=O)C=C(CC(=O)OCC)C(=O)O. The molecule has 0 aliphatic heterocycles. The molecule has 0 aliphatic carbocycles. The molecule has 0 fully saturated rings. The largest absolute Gasteiger partial charge is 0.478 e. The summed E-state index contributed by atoms with van der Waals surface area (Å²) in [5.41, 5.74) is -0.350. The molecule has 0 heterocycles. The highest BCUT2D eigenvalue weighted by molar-refractivity contribution is 5.98. The Hall–Kier alpha value is -1.85. The summed E-state index contributed by atoms with van der Waals surface area (Å²) in [6.45, 7) is 3.50. The molecule has 0 amide bonds. The van der Waals surface area contributed by atoms with Gasteiger partial charge in [-0.1, -0.05) is 0 Å². The first kappa shape index (κ1) is 14.2. The van der Waals surface area contributed by atoms with E-state index in [0.29, 0.717) is 0 Å². The number of carboxylic acids is 1. The Bertz CT molecular complexity index is 304. The molecule has 0 saturated heterocycles. The van der Waals surface area contributed by atoms with Gasteiger partial charge in [-0.25, -0.2) is 9.59 Å². The Labute approximate surface area is 92.8 Å². The predicted octanol–water partition coefficient (Wildman–Crippen LogP) is 0.514. The van der Waals surface area contributed by atoms with E-state index < -0.39 is 24.3 Å². The normalized spacial score (nSPS) is 10.8. The van der Waals surface area contributed by atoms with Gasteiger partial charge in [0.15, 0.2) is 0 Å². The van der Waals surface area contributed by atoms with Crippen molar-refractivity contribution in [2.45, 2.75) is 20.3 Å². The van der Waals surface area contributed by atoms with Gasteiger partial charge in [-0.3, -0.25) is 4.79 Å². The molecule has 0 aliphatic rings. The van der Waals surface area contributed by atoms with E-state index in [1.165, 1.54) is 0 Å². The second kappa shape index (κ2) is 7.44. The zero-order chi connectivity index (χ0) is 12.6. The molecule has 90 valence electrons. The lowest BCUT2D eigenvalue weighted by Crippen LogP contribution is -2.13. The number of hydrogen-bond donors (Lipinski definition) is 1. The topological polar surface area (TPSA) is 89.9 Å². The zero-order valence-corrected chi connectivity index (χ0v) is 9.19. The summed E-state index contributed by atoms with van der Waals surface area (Å²) in [5.74, 6) is -2.83. The molecule has 0 spiro atoms. The molecule has 0 saturated carbocycles. The average molecular weight is 230 g/mol. The van der Waals surface area contributed by atoms with Crippen molar-refractivity contribution in [1.29, 1.82) is 0 Å². The van der Waals surface area contributed by atoms with Gasteiger partial charge in [-0.05, 0) is 13.8 Å². The number of aliphatic carboxylic acids is 1. The molecule has 0 atom stereocenters. The summed E-state index contributed by atoms with van der Waals surface area (Å²) in [6.07, 6.45) is 0.324. The van der Waals surface area contributed by atoms with Crippen LogP contribution in [0.4, 0.5) is 0 Å². The maximum atomic E-state index is 11.0. The second-order valence-electron chi connectivity index (χ2n) is 2.71. The monoisotopic (exact) mass is 230 g/mol. The predicted molar refractivity (Wildman–Crippen MR) is 53.6 cm³/mol. The number of esters is 2. The van der Waals surface area contributed by atoms with Gasteiger partial charge in [0.2, 0.25) is 0 Å². The van der Waals surface area contributed by atoms with Gasteiger partial charge in [0.05, 0.1) is 25.2 Å². The van der Waals surface area contributed by atoms with Crippen LogP contribution in [0.3, 0.4) is 0 Å². The van der Waals surface area contributed by atoms with E-state index in [9.17, 15) is 14.4 Å². The summed E-state index contributed by atoms with van der Waals surface area (Å²) >= 11 is 0. The van der Waals surface area contributed by atoms with Gasteiger partial charge in [0.1, 0.15) is 0 Å². The molecule has 0 unspecified atom stereocenters. The van der Waals surface area contributed by atoms with Crippen LogP contribution in [0.5, 0.6) is 0 Å². The fourth-order valence-corrected chi connectivity index (χ4v) is 0.882. The van der Waals surface area contributed by atoms with Crippen molar-refractivity contribution < 1.29 is 29.0 Å². The van der Waals surface area contributed by atoms with Gasteiger partial charge in [-0.15, -0.1) is 0 Å². The van der Waals surface area contributed by atoms with Crippen molar-refractivity contribution in [2.75, 3.05) is 13.2 Å². The molecule has 0 bridgehead atoms. The van der Waals surface area contributed by atoms with Crippen LogP contribution in [0.25, 0.3) is 0 Å². The van der Waals surface area contributed by atoms with E-state index in [2.05, 4.69) is 9.47 Å². The van der Waals surface area contributed by atoms with Crippen molar-refractivity contribution >= 4 is 17.9 Å². The van der Waals surface area contributed by atoms with Crippen LogP contribution in [0.1, 0.15) is 20.3 Å². The third-order valence-electron chi connectivity index (χ3n) is 1.49. The van der Waals surface area contributed by atoms with E-state index in [-0.39, 0.29) is 18.8 Å². The van der Waals surface area contributed by atoms with E-state index in [0.717, 1.165) is 6.08 Å². The molecular formula is C10H14O6. The minimum absolute atomic E-state index is 0.141. The van der Waals surface area contributed by atoms with Gasteiger partial charge in [-0.2, -0.15) is 0 Å². The highest BCUT2D eigenvalue weighted by atomic mass is 16.5. The third-order valence-corrected chi connectivity index (χ3v) is 1.49. The minimum Gasteiger partial charge on any atom is -0.478 e. The number of rotatable bonds is 6. The van der Waals surface area contributed by atoms with E-state index >= 15 is 0 Å². The summed E-state index contributed by atoms with van der Waals surface area (Å²) in [5, 5.41) is 8.72. The molecule has 1 N–H and O–H groups in total. The number of carbonyl (C=O) groups is 3. The molecular weight excluding hydrogens is 216 g/mol. The molecule has 0 aromatic heterocycles. The molecule has 0 aromatic rings. The Morgan fingerprint density at radius 3 is 2.12 bits per heavy atom. The van der Waals surface area contributed by atoms with Crippen molar-refractivity contribution in [3.63, 3.8) is 0 Å². The minimum atomic E-state index is -1.35. The highest BCUT2D eigenvalue weighted by Crippen LogP contribution is 2.04. The number of carbonyl (C=O) groups excluding carboxylic acids is 2. The van der Waals surface area contributed by atoms with Crippen molar-refractivity contribution in [2.24, 2.45) is 0 Å². The fourth-order valence-electron chi connectivity index (χ4n) is 0.882. The van der Waals surface area contributed by atoms with Crippen LogP contribution in [0, 0.1) is 0 Å². The first-order chi connectivity index (χ1) is 7.51. The van der Waals surface area contributed by atoms with E-state index in [1.807, 2.05) is 0 Å². The van der Waals surface area contributed by atoms with Crippen LogP contribution >= 0.6 is 0 Å². The summed E-state index contributed by atoms with van der Waals surface area (Å²) < 4.78 is 9.10. The van der Waals surface area contributed by atoms with Crippen LogP contribution < -0.4 is 0 Å². The third kappa shape index (κ3) is 5.79. The summed E-state index contributed by atoms with van der Waals surface area (Å²) in [4.78, 5) is 32.7. The highest BCUT2D eigenvalue weighted by Gasteiger charge is 2.15. The second-order valence-corrected chi connectivity index (χ2v) is 2.71. The fraction of sp³-hybridized carbons (Fsp3) is 0.500. The number of carboxylic acid groups (broad SMARTS) is 1. The van der Waals surface area contributed by atoms with Gasteiger partial charge in [0, 0.05) is 6.08 Å². The maximum absolute atomic E-state index is 11.0. The standard InChI is InChI=1S/C10H14O6/c1-3-15-8(11)5-7(10(13)14)6-9(12)16-4-2/h5H,3-4,6H2,1-2H3,(H,13,14). The first-order valence-electron chi connectivity index (χ1n) is 4.77. The van der Waals surface area contributed by atoms with Crippen LogP contribution in [0.15, 0.2) is 11.6 Å². The average Bonchev–Trinajstić information content (AvgIpc) is 2.17. The lowest BCUT2D eigenvalue weighted by molar-refractivity contribution is -0.144. The quantitative estimate of drug-likeness (QED) is 0.528. The van der Waals surface area contributed by atoms with Crippen LogP contribution in [0.2, 0.25) is 0 Å². The van der Waals surface area contributed by atoms with Gasteiger partial charge >= 0.3 is 17.9 Å². The number of ether oxygens (including phenoxy) is 2. The van der Waals surface area contributed by atoms with Crippen molar-refractivity contribution in [3.8, 4) is 0 Å². The lowest BCUT2D eigenvalue weighted by atomic mass is 10.2.